The summed E-state index contributed by atoms with van der Waals surface area (Å²) in [6.45, 7) is 3.11. The number of piperidine rings is 1. The van der Waals surface area contributed by atoms with E-state index in [0.717, 1.165) is 31.0 Å². The van der Waals surface area contributed by atoms with Crippen LogP contribution in [-0.2, 0) is 0 Å². The maximum atomic E-state index is 9.69. The summed E-state index contributed by atoms with van der Waals surface area (Å²) in [5, 5.41) is 11.1. The minimum absolute atomic E-state index is 0.637. The lowest BCUT2D eigenvalue weighted by Gasteiger charge is -2.29. The van der Waals surface area contributed by atoms with Crippen LogP contribution in [0.5, 0.6) is 0 Å². The second-order valence-electron chi connectivity index (χ2n) is 5.25. The number of hydrogen-bond donors (Lipinski definition) is 1. The van der Waals surface area contributed by atoms with Crippen LogP contribution in [0.2, 0.25) is 0 Å². The summed E-state index contributed by atoms with van der Waals surface area (Å²) in [6, 6.07) is 0. The van der Waals surface area contributed by atoms with Crippen LogP contribution in [0.1, 0.15) is 51.9 Å². The predicted molar refractivity (Wildman–Crippen MR) is 61.5 cm³/mol. The molecule has 1 unspecified atom stereocenters. The van der Waals surface area contributed by atoms with E-state index in [9.17, 15) is 5.21 Å². The first-order valence-corrected chi connectivity index (χ1v) is 6.43. The fraction of sp³-hybridized carbons (Fsp3) is 0.846. The third-order valence-electron chi connectivity index (χ3n) is 3.79. The first kappa shape index (κ1) is 11.0. The van der Waals surface area contributed by atoms with Gasteiger partial charge in [0.25, 0.3) is 0 Å². The molecule has 1 atom stereocenters. The van der Waals surface area contributed by atoms with E-state index < -0.39 is 0 Å². The van der Waals surface area contributed by atoms with Gasteiger partial charge in [0.2, 0.25) is 0 Å². The first-order valence-electron chi connectivity index (χ1n) is 6.43. The van der Waals surface area contributed by atoms with E-state index in [4.69, 9.17) is 0 Å². The summed E-state index contributed by atoms with van der Waals surface area (Å²) in [5.41, 5.74) is 1.16. The molecule has 1 aliphatic heterocycles. The van der Waals surface area contributed by atoms with Crippen molar-refractivity contribution in [3.8, 4) is 0 Å². The SMILES string of the molecule is CC(/C=C1/CCCCN1O)CC1CCC1. The number of hydrogen-bond acceptors (Lipinski definition) is 2. The Morgan fingerprint density at radius 1 is 1.40 bits per heavy atom. The molecule has 0 aromatic rings. The van der Waals surface area contributed by atoms with Crippen molar-refractivity contribution in [1.82, 2.24) is 5.06 Å². The van der Waals surface area contributed by atoms with Crippen molar-refractivity contribution in [3.05, 3.63) is 11.8 Å². The van der Waals surface area contributed by atoms with Gasteiger partial charge in [-0.3, -0.25) is 10.3 Å². The lowest BCUT2D eigenvalue weighted by molar-refractivity contribution is -0.0695. The average molecular weight is 209 g/mol. The van der Waals surface area contributed by atoms with E-state index in [-0.39, 0.29) is 0 Å². The zero-order valence-electron chi connectivity index (χ0n) is 9.78. The zero-order chi connectivity index (χ0) is 10.7. The van der Waals surface area contributed by atoms with Gasteiger partial charge in [0.1, 0.15) is 0 Å². The number of allylic oxidation sites excluding steroid dienone is 2. The van der Waals surface area contributed by atoms with Gasteiger partial charge in [-0.1, -0.05) is 32.3 Å². The molecule has 1 saturated carbocycles. The van der Waals surface area contributed by atoms with Crippen molar-refractivity contribution in [2.24, 2.45) is 11.8 Å². The Morgan fingerprint density at radius 3 is 2.80 bits per heavy atom. The van der Waals surface area contributed by atoms with Crippen LogP contribution in [0.25, 0.3) is 0 Å². The quantitative estimate of drug-likeness (QED) is 0.768. The first-order chi connectivity index (χ1) is 7.25. The van der Waals surface area contributed by atoms with E-state index in [1.54, 1.807) is 0 Å². The maximum Gasteiger partial charge on any atom is 0.0449 e. The molecule has 2 rings (SSSR count). The summed E-state index contributed by atoms with van der Waals surface area (Å²) in [5.74, 6) is 1.60. The second kappa shape index (κ2) is 5.02. The van der Waals surface area contributed by atoms with Crippen molar-refractivity contribution >= 4 is 0 Å². The van der Waals surface area contributed by atoms with Crippen molar-refractivity contribution in [1.29, 1.82) is 0 Å². The highest BCUT2D eigenvalue weighted by Gasteiger charge is 2.20. The largest absolute Gasteiger partial charge is 0.289 e. The van der Waals surface area contributed by atoms with Crippen LogP contribution in [0, 0.1) is 11.8 Å². The van der Waals surface area contributed by atoms with E-state index in [1.807, 2.05) is 0 Å². The molecule has 0 radical (unpaired) electrons. The summed E-state index contributed by atoms with van der Waals surface area (Å²) in [7, 11) is 0. The Bertz CT molecular complexity index is 233. The van der Waals surface area contributed by atoms with Crippen molar-refractivity contribution in [2.45, 2.75) is 51.9 Å². The molecule has 1 aliphatic carbocycles. The molecule has 2 aliphatic rings. The van der Waals surface area contributed by atoms with Gasteiger partial charge in [0.15, 0.2) is 0 Å². The average Bonchev–Trinajstić information content (AvgIpc) is 2.16. The smallest absolute Gasteiger partial charge is 0.0449 e. The summed E-state index contributed by atoms with van der Waals surface area (Å²) < 4.78 is 0. The van der Waals surface area contributed by atoms with Crippen LogP contribution in [0.3, 0.4) is 0 Å². The van der Waals surface area contributed by atoms with Gasteiger partial charge in [0, 0.05) is 12.2 Å². The molecule has 2 heteroatoms. The van der Waals surface area contributed by atoms with Crippen molar-refractivity contribution < 1.29 is 5.21 Å². The molecule has 0 aromatic heterocycles. The Hall–Kier alpha value is -0.500. The molecule has 1 saturated heterocycles. The molecule has 86 valence electrons. The van der Waals surface area contributed by atoms with Gasteiger partial charge in [-0.15, -0.1) is 0 Å². The molecule has 15 heavy (non-hydrogen) atoms. The van der Waals surface area contributed by atoms with E-state index in [0.29, 0.717) is 5.92 Å². The monoisotopic (exact) mass is 209 g/mol. The van der Waals surface area contributed by atoms with Gasteiger partial charge in [-0.05, 0) is 37.5 Å². The van der Waals surface area contributed by atoms with Crippen LogP contribution >= 0.6 is 0 Å². The molecule has 1 N–H and O–H groups in total. The van der Waals surface area contributed by atoms with Gasteiger partial charge in [-0.2, -0.15) is 0 Å². The zero-order valence-corrected chi connectivity index (χ0v) is 9.78. The third kappa shape index (κ3) is 2.97. The Kier molecular flexibility index (Phi) is 3.68. The lowest BCUT2D eigenvalue weighted by atomic mass is 9.79. The minimum Gasteiger partial charge on any atom is -0.289 e. The standard InChI is InChI=1S/C13H23NO/c1-11(9-12-5-4-6-12)10-13-7-2-3-8-14(13)15/h10-12,15H,2-9H2,1H3/b13-10-. The van der Waals surface area contributed by atoms with E-state index in [1.165, 1.54) is 37.2 Å². The number of hydroxylamine groups is 2. The molecular formula is C13H23NO. The topological polar surface area (TPSA) is 23.5 Å². The minimum atomic E-state index is 0.637. The van der Waals surface area contributed by atoms with Crippen molar-refractivity contribution in [2.75, 3.05) is 6.54 Å². The molecule has 1 heterocycles. The molecular weight excluding hydrogens is 186 g/mol. The molecule has 0 spiro atoms. The Morgan fingerprint density at radius 2 is 2.20 bits per heavy atom. The second-order valence-corrected chi connectivity index (χ2v) is 5.25. The molecule has 0 bridgehead atoms. The summed E-state index contributed by atoms with van der Waals surface area (Å²) in [4.78, 5) is 0. The maximum absolute atomic E-state index is 9.69. The fourth-order valence-corrected chi connectivity index (χ4v) is 2.66. The molecule has 2 nitrogen and oxygen atoms in total. The molecule has 0 amide bonds. The Labute approximate surface area is 92.9 Å². The van der Waals surface area contributed by atoms with E-state index in [2.05, 4.69) is 13.0 Å². The highest BCUT2D eigenvalue weighted by molar-refractivity contribution is 5.03. The predicted octanol–water partition coefficient (Wildman–Crippen LogP) is 3.57. The van der Waals surface area contributed by atoms with Crippen LogP contribution in [0.4, 0.5) is 0 Å². The normalized spacial score (nSPS) is 27.9. The van der Waals surface area contributed by atoms with Gasteiger partial charge >= 0.3 is 0 Å². The highest BCUT2D eigenvalue weighted by Crippen LogP contribution is 2.33. The summed E-state index contributed by atoms with van der Waals surface area (Å²) in [6.07, 6.45) is 11.3. The van der Waals surface area contributed by atoms with Gasteiger partial charge in [-0.25, -0.2) is 0 Å². The molecule has 2 fully saturated rings. The van der Waals surface area contributed by atoms with Gasteiger partial charge in [0.05, 0.1) is 0 Å². The number of nitrogens with zero attached hydrogens (tertiary/aromatic N) is 1. The van der Waals surface area contributed by atoms with Crippen LogP contribution < -0.4 is 0 Å². The van der Waals surface area contributed by atoms with Gasteiger partial charge < -0.3 is 0 Å². The highest BCUT2D eigenvalue weighted by atomic mass is 16.5. The van der Waals surface area contributed by atoms with Crippen LogP contribution in [0.15, 0.2) is 11.8 Å². The summed E-state index contributed by atoms with van der Waals surface area (Å²) >= 11 is 0. The van der Waals surface area contributed by atoms with E-state index >= 15 is 0 Å². The number of rotatable bonds is 3. The van der Waals surface area contributed by atoms with Crippen LogP contribution in [-0.4, -0.2) is 16.8 Å². The Balaban J connectivity index is 1.83. The fourth-order valence-electron chi connectivity index (χ4n) is 2.66. The third-order valence-corrected chi connectivity index (χ3v) is 3.79. The molecule has 0 aromatic carbocycles. The lowest BCUT2D eigenvalue weighted by Crippen LogP contribution is -2.25. The van der Waals surface area contributed by atoms with Crippen molar-refractivity contribution in [3.63, 3.8) is 0 Å².